The van der Waals surface area contributed by atoms with Crippen molar-refractivity contribution in [2.75, 3.05) is 12.4 Å². The number of carbonyl (C=O) groups is 1. The van der Waals surface area contributed by atoms with E-state index in [1.165, 1.54) is 5.56 Å². The lowest BCUT2D eigenvalue weighted by Gasteiger charge is -2.26. The van der Waals surface area contributed by atoms with Crippen LogP contribution in [0.25, 0.3) is 0 Å². The summed E-state index contributed by atoms with van der Waals surface area (Å²) in [5, 5.41) is 0. The van der Waals surface area contributed by atoms with Crippen molar-refractivity contribution < 1.29 is 4.79 Å². The van der Waals surface area contributed by atoms with E-state index in [4.69, 9.17) is 11.6 Å². The summed E-state index contributed by atoms with van der Waals surface area (Å²) in [6.07, 6.45) is 1.05. The number of alkyl halides is 1. The van der Waals surface area contributed by atoms with Crippen LogP contribution in [0.3, 0.4) is 0 Å². The first-order valence-corrected chi connectivity index (χ1v) is 7.44. The van der Waals surface area contributed by atoms with Gasteiger partial charge in [-0.1, -0.05) is 24.6 Å². The zero-order valence-electron chi connectivity index (χ0n) is 12.2. The number of aryl methyl sites for hydroxylation is 3. The molecule has 0 aromatic heterocycles. The minimum absolute atomic E-state index is 0.144. The molecule has 1 saturated heterocycles. The Morgan fingerprint density at radius 3 is 2.42 bits per heavy atom. The molecule has 0 spiro atoms. The third kappa shape index (κ3) is 2.64. The molecule has 0 bridgehead atoms. The lowest BCUT2D eigenvalue weighted by atomic mass is 9.98. The minimum Gasteiger partial charge on any atom is -0.334 e. The number of rotatable bonds is 2. The van der Waals surface area contributed by atoms with Crippen LogP contribution in [0.1, 0.15) is 40.4 Å². The van der Waals surface area contributed by atoms with Crippen LogP contribution in [0.5, 0.6) is 0 Å². The molecule has 104 valence electrons. The highest BCUT2D eigenvalue weighted by Gasteiger charge is 2.35. The highest BCUT2D eigenvalue weighted by atomic mass is 35.5. The summed E-state index contributed by atoms with van der Waals surface area (Å²) in [6.45, 7) is 9.10. The summed E-state index contributed by atoms with van der Waals surface area (Å²) in [7, 11) is 0. The molecule has 2 nitrogen and oxygen atoms in total. The molecule has 2 atom stereocenters. The maximum Gasteiger partial charge on any atom is 0.254 e. The van der Waals surface area contributed by atoms with Gasteiger partial charge in [0.05, 0.1) is 0 Å². The van der Waals surface area contributed by atoms with Crippen LogP contribution < -0.4 is 0 Å². The van der Waals surface area contributed by atoms with Gasteiger partial charge in [-0.3, -0.25) is 4.79 Å². The van der Waals surface area contributed by atoms with Crippen molar-refractivity contribution in [3.8, 4) is 0 Å². The van der Waals surface area contributed by atoms with E-state index >= 15 is 0 Å². The van der Waals surface area contributed by atoms with Crippen molar-refractivity contribution in [1.82, 2.24) is 4.90 Å². The molecule has 1 amide bonds. The summed E-state index contributed by atoms with van der Waals surface area (Å²) >= 11 is 6.04. The molecule has 1 fully saturated rings. The lowest BCUT2D eigenvalue weighted by Crippen LogP contribution is -2.39. The number of hydrogen-bond donors (Lipinski definition) is 0. The highest BCUT2D eigenvalue weighted by molar-refractivity contribution is 6.18. The fraction of sp³-hybridized carbons (Fsp3) is 0.562. The van der Waals surface area contributed by atoms with Crippen LogP contribution in [0.2, 0.25) is 0 Å². The van der Waals surface area contributed by atoms with Crippen LogP contribution in [-0.4, -0.2) is 29.3 Å². The first kappa shape index (κ1) is 14.4. The van der Waals surface area contributed by atoms with Crippen LogP contribution >= 0.6 is 11.6 Å². The zero-order valence-corrected chi connectivity index (χ0v) is 12.9. The number of nitrogens with zero attached hydrogens (tertiary/aromatic N) is 1. The third-order valence-electron chi connectivity index (χ3n) is 4.19. The first-order chi connectivity index (χ1) is 8.95. The Morgan fingerprint density at radius 1 is 1.32 bits per heavy atom. The van der Waals surface area contributed by atoms with Crippen molar-refractivity contribution in [1.29, 1.82) is 0 Å². The third-order valence-corrected chi connectivity index (χ3v) is 4.51. The summed E-state index contributed by atoms with van der Waals surface area (Å²) in [5.74, 6) is 1.16. The summed E-state index contributed by atoms with van der Waals surface area (Å²) in [6, 6.07) is 4.33. The second kappa shape index (κ2) is 5.54. The monoisotopic (exact) mass is 279 g/mol. The Labute approximate surface area is 120 Å². The van der Waals surface area contributed by atoms with Gasteiger partial charge < -0.3 is 4.90 Å². The second-order valence-corrected chi connectivity index (χ2v) is 6.07. The molecule has 1 aliphatic rings. The van der Waals surface area contributed by atoms with E-state index in [-0.39, 0.29) is 11.9 Å². The number of likely N-dealkylation sites (tertiary alicyclic amines) is 1. The normalized spacial score (nSPS) is 22.9. The maximum absolute atomic E-state index is 12.8. The summed E-state index contributed by atoms with van der Waals surface area (Å²) in [4.78, 5) is 14.7. The van der Waals surface area contributed by atoms with Crippen LogP contribution in [0.15, 0.2) is 12.1 Å². The molecule has 1 aromatic rings. The molecule has 1 aliphatic heterocycles. The standard InChI is InChI=1S/C16H22ClNO/c1-10-7-12(3)15(13(4)8-10)16(19)18-6-5-11(2)14(18)9-17/h7-8,11,14H,5-6,9H2,1-4H3. The van der Waals surface area contributed by atoms with Crippen molar-refractivity contribution in [3.05, 3.63) is 34.4 Å². The fourth-order valence-corrected chi connectivity index (χ4v) is 3.63. The number of amides is 1. The Kier molecular flexibility index (Phi) is 4.19. The van der Waals surface area contributed by atoms with Crippen molar-refractivity contribution >= 4 is 17.5 Å². The summed E-state index contributed by atoms with van der Waals surface area (Å²) < 4.78 is 0. The van der Waals surface area contributed by atoms with Gasteiger partial charge in [-0.05, 0) is 44.2 Å². The number of benzene rings is 1. The molecule has 19 heavy (non-hydrogen) atoms. The molecular formula is C16H22ClNO. The van der Waals surface area contributed by atoms with Crippen LogP contribution in [-0.2, 0) is 0 Å². The van der Waals surface area contributed by atoms with Gasteiger partial charge in [-0.2, -0.15) is 0 Å². The molecule has 2 unspecified atom stereocenters. The average molecular weight is 280 g/mol. The van der Waals surface area contributed by atoms with Crippen molar-refractivity contribution in [3.63, 3.8) is 0 Å². The lowest BCUT2D eigenvalue weighted by molar-refractivity contribution is 0.0735. The topological polar surface area (TPSA) is 20.3 Å². The molecule has 0 saturated carbocycles. The molecule has 0 N–H and O–H groups in total. The van der Waals surface area contributed by atoms with E-state index in [0.29, 0.717) is 11.8 Å². The zero-order chi connectivity index (χ0) is 14.2. The van der Waals surface area contributed by atoms with E-state index in [2.05, 4.69) is 26.0 Å². The van der Waals surface area contributed by atoms with E-state index in [1.807, 2.05) is 18.7 Å². The molecule has 1 aromatic carbocycles. The summed E-state index contributed by atoms with van der Waals surface area (Å²) in [5.41, 5.74) is 4.19. The van der Waals surface area contributed by atoms with Gasteiger partial charge in [0.2, 0.25) is 0 Å². The predicted molar refractivity (Wildman–Crippen MR) is 80.0 cm³/mol. The molecular weight excluding hydrogens is 258 g/mol. The number of halogens is 1. The molecule has 1 heterocycles. The van der Waals surface area contributed by atoms with E-state index in [9.17, 15) is 4.79 Å². The van der Waals surface area contributed by atoms with Crippen molar-refractivity contribution in [2.45, 2.75) is 40.2 Å². The minimum atomic E-state index is 0.144. The van der Waals surface area contributed by atoms with E-state index in [1.54, 1.807) is 0 Å². The van der Waals surface area contributed by atoms with Gasteiger partial charge in [0, 0.05) is 24.0 Å². The average Bonchev–Trinajstić information content (AvgIpc) is 2.68. The smallest absolute Gasteiger partial charge is 0.254 e. The largest absolute Gasteiger partial charge is 0.334 e. The van der Waals surface area contributed by atoms with Gasteiger partial charge in [-0.25, -0.2) is 0 Å². The van der Waals surface area contributed by atoms with Crippen molar-refractivity contribution in [2.24, 2.45) is 5.92 Å². The van der Waals surface area contributed by atoms with Gasteiger partial charge in [0.15, 0.2) is 0 Å². The quantitative estimate of drug-likeness (QED) is 0.756. The SMILES string of the molecule is Cc1cc(C)c(C(=O)N2CCC(C)C2CCl)c(C)c1. The number of hydrogen-bond acceptors (Lipinski definition) is 1. The van der Waals surface area contributed by atoms with E-state index < -0.39 is 0 Å². The molecule has 0 radical (unpaired) electrons. The Hall–Kier alpha value is -1.02. The molecule has 0 aliphatic carbocycles. The number of carbonyl (C=O) groups excluding carboxylic acids is 1. The molecule has 3 heteroatoms. The molecule has 2 rings (SSSR count). The fourth-order valence-electron chi connectivity index (χ4n) is 3.16. The predicted octanol–water partition coefficient (Wildman–Crippen LogP) is 3.70. The van der Waals surface area contributed by atoms with Crippen LogP contribution in [0.4, 0.5) is 0 Å². The van der Waals surface area contributed by atoms with Gasteiger partial charge >= 0.3 is 0 Å². The Morgan fingerprint density at radius 2 is 1.89 bits per heavy atom. The van der Waals surface area contributed by atoms with Gasteiger partial charge in [0.25, 0.3) is 5.91 Å². The van der Waals surface area contributed by atoms with Crippen LogP contribution in [0, 0.1) is 26.7 Å². The van der Waals surface area contributed by atoms with E-state index in [0.717, 1.165) is 29.7 Å². The van der Waals surface area contributed by atoms with Gasteiger partial charge in [-0.15, -0.1) is 11.6 Å². The van der Waals surface area contributed by atoms with Gasteiger partial charge in [0.1, 0.15) is 0 Å². The Balaban J connectivity index is 2.35. The second-order valence-electron chi connectivity index (χ2n) is 5.76. The maximum atomic E-state index is 12.8. The highest BCUT2D eigenvalue weighted by Crippen LogP contribution is 2.28. The first-order valence-electron chi connectivity index (χ1n) is 6.90. The Bertz CT molecular complexity index is 475.